The second-order valence-corrected chi connectivity index (χ2v) is 6.09. The lowest BCUT2D eigenvalue weighted by Gasteiger charge is -2.10. The largest absolute Gasteiger partial charge is 0.347 e. The van der Waals surface area contributed by atoms with Crippen molar-refractivity contribution < 1.29 is 9.18 Å². The van der Waals surface area contributed by atoms with Gasteiger partial charge in [0.25, 0.3) is 5.91 Å². The van der Waals surface area contributed by atoms with Crippen molar-refractivity contribution in [2.45, 2.75) is 26.9 Å². The van der Waals surface area contributed by atoms with Gasteiger partial charge >= 0.3 is 0 Å². The number of rotatable bonds is 4. The van der Waals surface area contributed by atoms with Gasteiger partial charge in [0.15, 0.2) is 0 Å². The third-order valence-electron chi connectivity index (χ3n) is 4.21. The molecule has 1 aromatic heterocycles. The van der Waals surface area contributed by atoms with Crippen molar-refractivity contribution in [1.29, 1.82) is 0 Å². The minimum Gasteiger partial charge on any atom is -0.347 e. The topological polar surface area (TPSA) is 34.0 Å². The second-order valence-electron chi connectivity index (χ2n) is 5.65. The van der Waals surface area contributed by atoms with E-state index in [1.54, 1.807) is 18.2 Å². The van der Waals surface area contributed by atoms with Gasteiger partial charge in [-0.3, -0.25) is 4.79 Å². The Labute approximate surface area is 145 Å². The fourth-order valence-electron chi connectivity index (χ4n) is 3.02. The molecule has 0 aliphatic heterocycles. The first kappa shape index (κ1) is 16.5. The maximum Gasteiger partial charge on any atom is 0.268 e. The number of fused-ring (bicyclic) bond motifs is 1. The molecule has 3 rings (SSSR count). The molecular formula is C19H18ClFN2O. The Bertz CT molecular complexity index is 917. The van der Waals surface area contributed by atoms with E-state index in [1.165, 1.54) is 6.07 Å². The Morgan fingerprint density at radius 1 is 1.25 bits per heavy atom. The van der Waals surface area contributed by atoms with Crippen molar-refractivity contribution in [1.82, 2.24) is 9.88 Å². The lowest BCUT2D eigenvalue weighted by Crippen LogP contribution is -2.26. The highest BCUT2D eigenvalue weighted by Gasteiger charge is 2.19. The van der Waals surface area contributed by atoms with Crippen LogP contribution in [0.5, 0.6) is 0 Å². The Morgan fingerprint density at radius 2 is 2.00 bits per heavy atom. The minimum absolute atomic E-state index is 0.150. The van der Waals surface area contributed by atoms with E-state index in [1.807, 2.05) is 36.6 Å². The van der Waals surface area contributed by atoms with Crippen LogP contribution in [-0.2, 0) is 13.1 Å². The van der Waals surface area contributed by atoms with Crippen molar-refractivity contribution in [3.63, 3.8) is 0 Å². The van der Waals surface area contributed by atoms with Crippen LogP contribution in [0, 0.1) is 12.7 Å². The quantitative estimate of drug-likeness (QED) is 0.731. The molecular weight excluding hydrogens is 327 g/mol. The van der Waals surface area contributed by atoms with Crippen LogP contribution in [0.25, 0.3) is 10.9 Å². The summed E-state index contributed by atoms with van der Waals surface area (Å²) in [6.07, 6.45) is 0. The molecule has 0 aliphatic rings. The number of amides is 1. The number of hydrogen-bond acceptors (Lipinski definition) is 1. The van der Waals surface area contributed by atoms with Crippen LogP contribution in [0.15, 0.2) is 42.5 Å². The van der Waals surface area contributed by atoms with Gasteiger partial charge < -0.3 is 9.88 Å². The van der Waals surface area contributed by atoms with Gasteiger partial charge in [0.2, 0.25) is 0 Å². The second kappa shape index (κ2) is 6.65. The lowest BCUT2D eigenvalue weighted by molar-refractivity contribution is 0.0941. The Morgan fingerprint density at radius 3 is 2.71 bits per heavy atom. The number of carbonyl (C=O) groups excluding carboxylic acids is 1. The van der Waals surface area contributed by atoms with E-state index in [2.05, 4.69) is 5.32 Å². The molecule has 5 heteroatoms. The fourth-order valence-corrected chi connectivity index (χ4v) is 3.19. The van der Waals surface area contributed by atoms with Crippen molar-refractivity contribution >= 4 is 28.4 Å². The lowest BCUT2D eigenvalue weighted by atomic mass is 10.1. The summed E-state index contributed by atoms with van der Waals surface area (Å²) in [7, 11) is 0. The zero-order valence-corrected chi connectivity index (χ0v) is 14.3. The molecule has 0 radical (unpaired) electrons. The normalized spacial score (nSPS) is 11.0. The van der Waals surface area contributed by atoms with Gasteiger partial charge in [0.1, 0.15) is 11.5 Å². The Kier molecular flexibility index (Phi) is 4.58. The molecule has 0 fully saturated rings. The summed E-state index contributed by atoms with van der Waals surface area (Å²) in [6.45, 7) is 4.70. The number of nitrogens with one attached hydrogen (secondary N) is 1. The first-order valence-corrected chi connectivity index (χ1v) is 8.20. The smallest absolute Gasteiger partial charge is 0.268 e. The van der Waals surface area contributed by atoms with Crippen LogP contribution in [0.3, 0.4) is 0 Å². The predicted octanol–water partition coefficient (Wildman–Crippen LogP) is 4.69. The number of benzene rings is 2. The van der Waals surface area contributed by atoms with E-state index in [0.29, 0.717) is 22.8 Å². The van der Waals surface area contributed by atoms with Crippen LogP contribution in [0.1, 0.15) is 28.5 Å². The molecule has 1 N–H and O–H groups in total. The standard InChI is InChI=1S/C19H18ClFN2O/c1-3-23-17-9-8-14(20)10-15(17)12(2)18(23)19(24)22-11-13-6-4-5-7-16(13)21/h4-10H,3,11H2,1-2H3,(H,22,24). The molecule has 0 spiro atoms. The number of nitrogens with zero attached hydrogens (tertiary/aromatic N) is 1. The maximum atomic E-state index is 13.7. The Balaban J connectivity index is 1.95. The van der Waals surface area contributed by atoms with E-state index >= 15 is 0 Å². The summed E-state index contributed by atoms with van der Waals surface area (Å²) in [5, 5.41) is 4.41. The van der Waals surface area contributed by atoms with Gasteiger partial charge in [-0.1, -0.05) is 29.8 Å². The molecule has 0 atom stereocenters. The summed E-state index contributed by atoms with van der Waals surface area (Å²) >= 11 is 6.08. The summed E-state index contributed by atoms with van der Waals surface area (Å²) in [5.41, 5.74) is 2.90. The predicted molar refractivity (Wildman–Crippen MR) is 94.9 cm³/mol. The first-order chi connectivity index (χ1) is 11.5. The number of halogens is 2. The van der Waals surface area contributed by atoms with Gasteiger partial charge in [0.05, 0.1) is 0 Å². The van der Waals surface area contributed by atoms with Crippen LogP contribution in [0.4, 0.5) is 4.39 Å². The molecule has 3 aromatic rings. The summed E-state index contributed by atoms with van der Waals surface area (Å²) in [6, 6.07) is 12.0. The molecule has 3 nitrogen and oxygen atoms in total. The molecule has 0 unspecified atom stereocenters. The molecule has 124 valence electrons. The van der Waals surface area contributed by atoms with Crippen LogP contribution < -0.4 is 5.32 Å². The van der Waals surface area contributed by atoms with Crippen LogP contribution in [-0.4, -0.2) is 10.5 Å². The highest BCUT2D eigenvalue weighted by molar-refractivity contribution is 6.31. The molecule has 1 heterocycles. The zero-order valence-electron chi connectivity index (χ0n) is 13.6. The molecule has 0 saturated heterocycles. The number of aryl methyl sites for hydroxylation is 2. The van der Waals surface area contributed by atoms with Gasteiger partial charge in [-0.2, -0.15) is 0 Å². The molecule has 2 aromatic carbocycles. The van der Waals surface area contributed by atoms with E-state index in [-0.39, 0.29) is 18.3 Å². The number of carbonyl (C=O) groups is 1. The monoisotopic (exact) mass is 344 g/mol. The fraction of sp³-hybridized carbons (Fsp3) is 0.211. The van der Waals surface area contributed by atoms with Crippen molar-refractivity contribution in [3.8, 4) is 0 Å². The third-order valence-corrected chi connectivity index (χ3v) is 4.44. The third kappa shape index (κ3) is 2.89. The van der Waals surface area contributed by atoms with Crippen molar-refractivity contribution in [2.24, 2.45) is 0 Å². The molecule has 0 bridgehead atoms. The molecule has 0 aliphatic carbocycles. The first-order valence-electron chi connectivity index (χ1n) is 7.83. The number of aromatic nitrogens is 1. The summed E-state index contributed by atoms with van der Waals surface area (Å²) in [4.78, 5) is 12.7. The number of hydrogen-bond donors (Lipinski definition) is 1. The van der Waals surface area contributed by atoms with E-state index in [0.717, 1.165) is 16.5 Å². The zero-order chi connectivity index (χ0) is 17.3. The van der Waals surface area contributed by atoms with E-state index in [4.69, 9.17) is 11.6 Å². The van der Waals surface area contributed by atoms with Gasteiger partial charge in [-0.15, -0.1) is 0 Å². The Hall–Kier alpha value is -2.33. The summed E-state index contributed by atoms with van der Waals surface area (Å²) < 4.78 is 15.7. The average molecular weight is 345 g/mol. The highest BCUT2D eigenvalue weighted by atomic mass is 35.5. The van der Waals surface area contributed by atoms with Crippen LogP contribution >= 0.6 is 11.6 Å². The van der Waals surface area contributed by atoms with E-state index < -0.39 is 0 Å². The van der Waals surface area contributed by atoms with Crippen LogP contribution in [0.2, 0.25) is 5.02 Å². The molecule has 24 heavy (non-hydrogen) atoms. The highest BCUT2D eigenvalue weighted by Crippen LogP contribution is 2.28. The average Bonchev–Trinajstić information content (AvgIpc) is 2.85. The van der Waals surface area contributed by atoms with Gasteiger partial charge in [-0.25, -0.2) is 4.39 Å². The van der Waals surface area contributed by atoms with Crippen molar-refractivity contribution in [3.05, 3.63) is 70.1 Å². The van der Waals surface area contributed by atoms with E-state index in [9.17, 15) is 9.18 Å². The van der Waals surface area contributed by atoms with Gasteiger partial charge in [0, 0.05) is 34.6 Å². The SMILES string of the molecule is CCn1c(C(=O)NCc2ccccc2F)c(C)c2cc(Cl)ccc21. The minimum atomic E-state index is -0.322. The molecule has 0 saturated carbocycles. The summed E-state index contributed by atoms with van der Waals surface area (Å²) in [5.74, 6) is -0.540. The van der Waals surface area contributed by atoms with Gasteiger partial charge in [-0.05, 0) is 43.7 Å². The maximum absolute atomic E-state index is 13.7. The van der Waals surface area contributed by atoms with Crippen molar-refractivity contribution in [2.75, 3.05) is 0 Å². The molecule has 1 amide bonds.